The largest absolute Gasteiger partial charge is 0.437 e. The second-order valence-corrected chi connectivity index (χ2v) is 7.12. The molecule has 0 fully saturated rings. The Morgan fingerprint density at radius 1 is 0.714 bits per heavy atom. The first kappa shape index (κ1) is 14.2. The van der Waals surface area contributed by atoms with Gasteiger partial charge in [0, 0.05) is 28.6 Å². The Kier molecular flexibility index (Phi) is 2.46. The van der Waals surface area contributed by atoms with Crippen molar-refractivity contribution >= 4 is 49.2 Å². The molecule has 2 aromatic carbocycles. The van der Waals surface area contributed by atoms with Crippen LogP contribution in [0.2, 0.25) is 0 Å². The van der Waals surface area contributed by atoms with Gasteiger partial charge >= 0.3 is 0 Å². The molecule has 7 rings (SSSR count). The Bertz CT molecular complexity index is 1670. The average molecular weight is 359 g/mol. The number of fused-ring (bicyclic) bond motifs is 7. The minimum absolute atomic E-state index is 0.768. The van der Waals surface area contributed by atoms with Gasteiger partial charge in [-0.3, -0.25) is 14.4 Å². The molecule has 28 heavy (non-hydrogen) atoms. The third kappa shape index (κ3) is 1.61. The number of pyridine rings is 2. The minimum Gasteiger partial charge on any atom is -0.437 e. The zero-order chi connectivity index (χ0) is 18.2. The standard InChI is InChI=1S/C24H13N3O/c1-2-6-15-14(5-1)9-11-25-21(15)20-13-18-22-23-17(10-12-26-22)16-7-3-4-8-19(16)27(23)24(18)28-20/h1-13H. The quantitative estimate of drug-likeness (QED) is 0.359. The van der Waals surface area contributed by atoms with Gasteiger partial charge in [-0.25, -0.2) is 0 Å². The SMILES string of the molecule is c1ccc2c(-c3cc4c5nccc6c7ccccc7n(c4o3)c65)nccc2c1. The maximum Gasteiger partial charge on any atom is 0.214 e. The number of furan rings is 1. The molecule has 130 valence electrons. The summed E-state index contributed by atoms with van der Waals surface area (Å²) in [4.78, 5) is 9.30. The molecule has 7 aromatic rings. The van der Waals surface area contributed by atoms with Gasteiger partial charge in [-0.05, 0) is 29.7 Å². The Labute approximate surface area is 159 Å². The number of hydrogen-bond donors (Lipinski definition) is 0. The Balaban J connectivity index is 1.66. The normalized spacial score (nSPS) is 12.3. The maximum atomic E-state index is 6.42. The lowest BCUT2D eigenvalue weighted by Gasteiger charge is -2.02. The fraction of sp³-hybridized carbons (Fsp3) is 0. The molecule has 0 N–H and O–H groups in total. The molecule has 4 heteroatoms. The van der Waals surface area contributed by atoms with Crippen LogP contribution in [0.25, 0.3) is 60.6 Å². The van der Waals surface area contributed by atoms with Gasteiger partial charge in [-0.1, -0.05) is 42.5 Å². The molecule has 0 unspecified atom stereocenters. The summed E-state index contributed by atoms with van der Waals surface area (Å²) in [5.41, 5.74) is 4.91. The molecule has 0 aliphatic carbocycles. The van der Waals surface area contributed by atoms with E-state index in [4.69, 9.17) is 4.42 Å². The molecular weight excluding hydrogens is 346 g/mol. The predicted octanol–water partition coefficient (Wildman–Crippen LogP) is 6.04. The van der Waals surface area contributed by atoms with E-state index in [9.17, 15) is 0 Å². The van der Waals surface area contributed by atoms with E-state index < -0.39 is 0 Å². The number of aromatic nitrogens is 3. The molecule has 0 bridgehead atoms. The summed E-state index contributed by atoms with van der Waals surface area (Å²) in [6, 6.07) is 22.8. The lowest BCUT2D eigenvalue weighted by Crippen LogP contribution is -1.84. The highest BCUT2D eigenvalue weighted by Gasteiger charge is 2.22. The predicted molar refractivity (Wildman–Crippen MR) is 112 cm³/mol. The van der Waals surface area contributed by atoms with Crippen LogP contribution in [0.15, 0.2) is 83.5 Å². The first-order valence-electron chi connectivity index (χ1n) is 9.27. The first-order valence-corrected chi connectivity index (χ1v) is 9.27. The summed E-state index contributed by atoms with van der Waals surface area (Å²) in [5.74, 6) is 0.768. The van der Waals surface area contributed by atoms with Gasteiger partial charge in [-0.2, -0.15) is 0 Å². The van der Waals surface area contributed by atoms with E-state index in [1.807, 2.05) is 30.6 Å². The molecular formula is C24H13N3O. The number of benzene rings is 2. The van der Waals surface area contributed by atoms with Crippen LogP contribution in [0.5, 0.6) is 0 Å². The molecule has 0 radical (unpaired) electrons. The van der Waals surface area contributed by atoms with E-state index in [0.29, 0.717) is 0 Å². The molecule has 0 saturated carbocycles. The number of rotatable bonds is 1. The highest BCUT2D eigenvalue weighted by molar-refractivity contribution is 6.21. The van der Waals surface area contributed by atoms with E-state index in [1.165, 1.54) is 10.8 Å². The van der Waals surface area contributed by atoms with E-state index in [-0.39, 0.29) is 0 Å². The van der Waals surface area contributed by atoms with Crippen LogP contribution < -0.4 is 0 Å². The summed E-state index contributed by atoms with van der Waals surface area (Å²) in [6.07, 6.45) is 3.72. The third-order valence-corrected chi connectivity index (χ3v) is 5.66. The summed E-state index contributed by atoms with van der Waals surface area (Å²) in [5, 5.41) is 5.68. The topological polar surface area (TPSA) is 43.3 Å². The highest BCUT2D eigenvalue weighted by Crippen LogP contribution is 2.41. The summed E-state index contributed by atoms with van der Waals surface area (Å²) in [7, 11) is 0. The fourth-order valence-electron chi connectivity index (χ4n) is 4.47. The molecule has 5 heterocycles. The number of para-hydroxylation sites is 1. The Hall–Kier alpha value is -3.92. The Morgan fingerprint density at radius 2 is 1.54 bits per heavy atom. The second-order valence-electron chi connectivity index (χ2n) is 7.12. The molecule has 0 saturated heterocycles. The summed E-state index contributed by atoms with van der Waals surface area (Å²) < 4.78 is 8.61. The van der Waals surface area contributed by atoms with Crippen molar-refractivity contribution in [1.82, 2.24) is 14.4 Å². The molecule has 0 spiro atoms. The van der Waals surface area contributed by atoms with Crippen LogP contribution in [-0.4, -0.2) is 14.4 Å². The minimum atomic E-state index is 0.768. The van der Waals surface area contributed by atoms with Gasteiger partial charge in [0.15, 0.2) is 5.76 Å². The molecule has 0 atom stereocenters. The Morgan fingerprint density at radius 3 is 2.50 bits per heavy atom. The van der Waals surface area contributed by atoms with Crippen molar-refractivity contribution < 1.29 is 4.42 Å². The molecule has 0 aliphatic heterocycles. The van der Waals surface area contributed by atoms with Gasteiger partial charge in [0.1, 0.15) is 11.2 Å². The summed E-state index contributed by atoms with van der Waals surface area (Å²) >= 11 is 0. The van der Waals surface area contributed by atoms with Crippen molar-refractivity contribution in [2.24, 2.45) is 0 Å². The molecule has 5 aromatic heterocycles. The average Bonchev–Trinajstić information content (AvgIpc) is 3.40. The fourth-order valence-corrected chi connectivity index (χ4v) is 4.47. The van der Waals surface area contributed by atoms with Crippen LogP contribution in [0, 0.1) is 0 Å². The van der Waals surface area contributed by atoms with Crippen molar-refractivity contribution in [3.8, 4) is 11.5 Å². The zero-order valence-electron chi connectivity index (χ0n) is 14.8. The van der Waals surface area contributed by atoms with Crippen LogP contribution in [0.4, 0.5) is 0 Å². The lowest BCUT2D eigenvalue weighted by atomic mass is 10.1. The van der Waals surface area contributed by atoms with Crippen LogP contribution in [0.1, 0.15) is 0 Å². The summed E-state index contributed by atoms with van der Waals surface area (Å²) in [6.45, 7) is 0. The van der Waals surface area contributed by atoms with Crippen molar-refractivity contribution in [3.63, 3.8) is 0 Å². The van der Waals surface area contributed by atoms with E-state index in [0.717, 1.165) is 49.9 Å². The van der Waals surface area contributed by atoms with Gasteiger partial charge in [0.25, 0.3) is 0 Å². The van der Waals surface area contributed by atoms with Gasteiger partial charge in [-0.15, -0.1) is 0 Å². The van der Waals surface area contributed by atoms with Crippen molar-refractivity contribution in [2.75, 3.05) is 0 Å². The van der Waals surface area contributed by atoms with Crippen molar-refractivity contribution in [1.29, 1.82) is 0 Å². The lowest BCUT2D eigenvalue weighted by molar-refractivity contribution is 0.614. The van der Waals surface area contributed by atoms with Crippen LogP contribution in [0.3, 0.4) is 0 Å². The number of hydrogen-bond acceptors (Lipinski definition) is 3. The monoisotopic (exact) mass is 359 g/mol. The van der Waals surface area contributed by atoms with Crippen molar-refractivity contribution in [2.45, 2.75) is 0 Å². The highest BCUT2D eigenvalue weighted by atomic mass is 16.3. The molecule has 0 aliphatic rings. The van der Waals surface area contributed by atoms with Crippen LogP contribution in [-0.2, 0) is 0 Å². The molecule has 4 nitrogen and oxygen atoms in total. The second kappa shape index (κ2) is 4.87. The first-order chi connectivity index (χ1) is 13.9. The van der Waals surface area contributed by atoms with Crippen molar-refractivity contribution in [3.05, 3.63) is 79.1 Å². The van der Waals surface area contributed by atoms with E-state index in [2.05, 4.69) is 62.9 Å². The van der Waals surface area contributed by atoms with Gasteiger partial charge in [0.05, 0.1) is 16.4 Å². The van der Waals surface area contributed by atoms with E-state index >= 15 is 0 Å². The van der Waals surface area contributed by atoms with Gasteiger partial charge in [0.2, 0.25) is 5.71 Å². The molecule has 0 amide bonds. The third-order valence-electron chi connectivity index (χ3n) is 5.66. The zero-order valence-corrected chi connectivity index (χ0v) is 14.8. The van der Waals surface area contributed by atoms with Gasteiger partial charge < -0.3 is 4.42 Å². The van der Waals surface area contributed by atoms with Crippen LogP contribution >= 0.6 is 0 Å². The van der Waals surface area contributed by atoms with E-state index in [1.54, 1.807) is 0 Å². The maximum absolute atomic E-state index is 6.42. The smallest absolute Gasteiger partial charge is 0.214 e. The number of nitrogens with zero attached hydrogens (tertiary/aromatic N) is 3.